The lowest BCUT2D eigenvalue weighted by atomic mass is 10.0. The molecule has 2 nitrogen and oxygen atoms in total. The molecule has 2 aromatic rings. The van der Waals surface area contributed by atoms with Gasteiger partial charge in [-0.1, -0.05) is 39.1 Å². The third-order valence-corrected chi connectivity index (χ3v) is 3.88. The molecule has 0 fully saturated rings. The minimum absolute atomic E-state index is 0.103. The standard InChI is InChI=1S/C15H11BrCl2O2/c1-20-15-5-2-10(16)6-9(15)7-14(19)12-8-11(17)3-4-13(12)18/h2-6,8H,7H2,1H3. The zero-order valence-electron chi connectivity index (χ0n) is 10.6. The number of benzene rings is 2. The molecule has 5 heteroatoms. The van der Waals surface area contributed by atoms with Crippen molar-refractivity contribution in [2.24, 2.45) is 0 Å². The second-order valence-electron chi connectivity index (χ2n) is 4.18. The molecule has 20 heavy (non-hydrogen) atoms. The number of ketones is 1. The minimum atomic E-state index is -0.103. The van der Waals surface area contributed by atoms with Crippen molar-refractivity contribution in [2.45, 2.75) is 6.42 Å². The third kappa shape index (κ3) is 3.54. The van der Waals surface area contributed by atoms with E-state index < -0.39 is 0 Å². The van der Waals surface area contributed by atoms with Gasteiger partial charge in [0.15, 0.2) is 5.78 Å². The molecule has 0 atom stereocenters. The highest BCUT2D eigenvalue weighted by atomic mass is 79.9. The Bertz CT molecular complexity index is 656. The summed E-state index contributed by atoms with van der Waals surface area (Å²) in [5, 5.41) is 0.882. The van der Waals surface area contributed by atoms with Gasteiger partial charge in [-0.25, -0.2) is 0 Å². The summed E-state index contributed by atoms with van der Waals surface area (Å²) < 4.78 is 6.15. The molecule has 0 amide bonds. The molecule has 104 valence electrons. The first-order valence-corrected chi connectivity index (χ1v) is 7.37. The Morgan fingerprint density at radius 2 is 1.95 bits per heavy atom. The van der Waals surface area contributed by atoms with Gasteiger partial charge in [0.2, 0.25) is 0 Å². The average molecular weight is 374 g/mol. The molecule has 0 aliphatic heterocycles. The van der Waals surface area contributed by atoms with Crippen molar-refractivity contribution < 1.29 is 9.53 Å². The van der Waals surface area contributed by atoms with Crippen molar-refractivity contribution in [3.8, 4) is 5.75 Å². The topological polar surface area (TPSA) is 26.3 Å². The molecular formula is C15H11BrCl2O2. The molecule has 0 bridgehead atoms. The largest absolute Gasteiger partial charge is 0.496 e. The molecule has 0 saturated heterocycles. The summed E-state index contributed by atoms with van der Waals surface area (Å²) in [5.41, 5.74) is 1.21. The molecule has 0 aromatic heterocycles. The fraction of sp³-hybridized carbons (Fsp3) is 0.133. The van der Waals surface area contributed by atoms with Crippen LogP contribution in [0.25, 0.3) is 0 Å². The highest BCUT2D eigenvalue weighted by molar-refractivity contribution is 9.10. The van der Waals surface area contributed by atoms with Crippen molar-refractivity contribution in [3.63, 3.8) is 0 Å². The first-order chi connectivity index (χ1) is 9.51. The Hall–Kier alpha value is -1.03. The average Bonchev–Trinajstić information content (AvgIpc) is 2.41. The van der Waals surface area contributed by atoms with E-state index in [-0.39, 0.29) is 12.2 Å². The van der Waals surface area contributed by atoms with Gasteiger partial charge in [0, 0.05) is 27.0 Å². The van der Waals surface area contributed by atoms with Crippen molar-refractivity contribution in [2.75, 3.05) is 7.11 Å². The quantitative estimate of drug-likeness (QED) is 0.689. The molecular weight excluding hydrogens is 363 g/mol. The molecule has 0 aliphatic carbocycles. The van der Waals surface area contributed by atoms with Gasteiger partial charge < -0.3 is 4.74 Å². The highest BCUT2D eigenvalue weighted by Crippen LogP contribution is 2.27. The van der Waals surface area contributed by atoms with Crippen LogP contribution in [-0.2, 0) is 6.42 Å². The van der Waals surface area contributed by atoms with E-state index in [0.717, 1.165) is 10.0 Å². The van der Waals surface area contributed by atoms with Crippen LogP contribution in [0, 0.1) is 0 Å². The molecule has 0 saturated carbocycles. The molecule has 2 rings (SSSR count). The number of carbonyl (C=O) groups excluding carboxylic acids is 1. The van der Waals surface area contributed by atoms with Crippen LogP contribution in [0.1, 0.15) is 15.9 Å². The summed E-state index contributed by atoms with van der Waals surface area (Å²) in [4.78, 5) is 12.4. The van der Waals surface area contributed by atoms with Crippen molar-refractivity contribution >= 4 is 44.9 Å². The summed E-state index contributed by atoms with van der Waals surface area (Å²) in [6, 6.07) is 10.4. The second kappa shape index (κ2) is 6.61. The van der Waals surface area contributed by atoms with Crippen molar-refractivity contribution in [1.29, 1.82) is 0 Å². The van der Waals surface area contributed by atoms with E-state index in [9.17, 15) is 4.79 Å². The molecule has 0 spiro atoms. The Kier molecular flexibility index (Phi) is 5.08. The van der Waals surface area contributed by atoms with Gasteiger partial charge >= 0.3 is 0 Å². The van der Waals surface area contributed by atoms with Crippen LogP contribution in [-0.4, -0.2) is 12.9 Å². The molecule has 0 radical (unpaired) electrons. The fourth-order valence-electron chi connectivity index (χ4n) is 1.86. The van der Waals surface area contributed by atoms with Crippen LogP contribution in [0.15, 0.2) is 40.9 Å². The number of Topliss-reactive ketones (excluding diaryl/α,β-unsaturated/α-hetero) is 1. The van der Waals surface area contributed by atoms with Crippen LogP contribution in [0.2, 0.25) is 10.0 Å². The maximum atomic E-state index is 12.4. The first kappa shape index (κ1) is 15.4. The molecule has 0 N–H and O–H groups in total. The van der Waals surface area contributed by atoms with Crippen LogP contribution in [0.5, 0.6) is 5.75 Å². The van der Waals surface area contributed by atoms with Crippen molar-refractivity contribution in [3.05, 3.63) is 62.0 Å². The van der Waals surface area contributed by atoms with Gasteiger partial charge in [0.05, 0.1) is 12.1 Å². The third-order valence-electron chi connectivity index (χ3n) is 2.82. The van der Waals surface area contributed by atoms with Crippen LogP contribution in [0.4, 0.5) is 0 Å². The minimum Gasteiger partial charge on any atom is -0.496 e. The van der Waals surface area contributed by atoms with E-state index in [2.05, 4.69) is 15.9 Å². The molecule has 2 aromatic carbocycles. The maximum Gasteiger partial charge on any atom is 0.168 e. The molecule has 0 aliphatic rings. The van der Waals surface area contributed by atoms with Gasteiger partial charge in [-0.3, -0.25) is 4.79 Å². The summed E-state index contributed by atoms with van der Waals surface area (Å²) in [5.74, 6) is 0.564. The Morgan fingerprint density at radius 1 is 1.20 bits per heavy atom. The normalized spacial score (nSPS) is 10.4. The summed E-state index contributed by atoms with van der Waals surface area (Å²) in [6.45, 7) is 0. The predicted molar refractivity (Wildman–Crippen MR) is 85.2 cm³/mol. The number of rotatable bonds is 4. The summed E-state index contributed by atoms with van der Waals surface area (Å²) in [6.07, 6.45) is 0.197. The van der Waals surface area contributed by atoms with E-state index in [1.165, 1.54) is 0 Å². The van der Waals surface area contributed by atoms with Gasteiger partial charge in [-0.15, -0.1) is 0 Å². The lowest BCUT2D eigenvalue weighted by molar-refractivity contribution is 0.0992. The van der Waals surface area contributed by atoms with Gasteiger partial charge in [0.25, 0.3) is 0 Å². The monoisotopic (exact) mass is 372 g/mol. The maximum absolute atomic E-state index is 12.4. The highest BCUT2D eigenvalue weighted by Gasteiger charge is 2.14. The SMILES string of the molecule is COc1ccc(Br)cc1CC(=O)c1cc(Cl)ccc1Cl. The Balaban J connectivity index is 2.32. The van der Waals surface area contributed by atoms with Crippen LogP contribution in [0.3, 0.4) is 0 Å². The number of hydrogen-bond acceptors (Lipinski definition) is 2. The van der Waals surface area contributed by atoms with E-state index >= 15 is 0 Å². The smallest absolute Gasteiger partial charge is 0.168 e. The van der Waals surface area contributed by atoms with E-state index in [1.807, 2.05) is 18.2 Å². The van der Waals surface area contributed by atoms with Gasteiger partial charge in [-0.2, -0.15) is 0 Å². The fourth-order valence-corrected chi connectivity index (χ4v) is 2.67. The lowest BCUT2D eigenvalue weighted by Crippen LogP contribution is -2.06. The number of hydrogen-bond donors (Lipinski definition) is 0. The molecule has 0 unspecified atom stereocenters. The van der Waals surface area contributed by atoms with Crippen LogP contribution < -0.4 is 4.74 Å². The summed E-state index contributed by atoms with van der Waals surface area (Å²) in [7, 11) is 1.57. The van der Waals surface area contributed by atoms with E-state index in [4.69, 9.17) is 27.9 Å². The lowest BCUT2D eigenvalue weighted by Gasteiger charge is -2.09. The summed E-state index contributed by atoms with van der Waals surface area (Å²) >= 11 is 15.3. The zero-order valence-corrected chi connectivity index (χ0v) is 13.7. The van der Waals surface area contributed by atoms with Crippen molar-refractivity contribution in [1.82, 2.24) is 0 Å². The number of halogens is 3. The Labute approximate surface area is 135 Å². The Morgan fingerprint density at radius 3 is 2.65 bits per heavy atom. The van der Waals surface area contributed by atoms with Crippen LogP contribution >= 0.6 is 39.1 Å². The van der Waals surface area contributed by atoms with E-state index in [0.29, 0.717) is 21.4 Å². The number of methoxy groups -OCH3 is 1. The van der Waals surface area contributed by atoms with E-state index in [1.54, 1.807) is 25.3 Å². The van der Waals surface area contributed by atoms with Gasteiger partial charge in [-0.05, 0) is 36.4 Å². The predicted octanol–water partition coefficient (Wildman–Crippen LogP) is 5.19. The molecule has 0 heterocycles. The number of carbonyl (C=O) groups is 1. The van der Waals surface area contributed by atoms with Gasteiger partial charge in [0.1, 0.15) is 5.75 Å². The second-order valence-corrected chi connectivity index (χ2v) is 5.94. The first-order valence-electron chi connectivity index (χ1n) is 5.82. The number of ether oxygens (including phenoxy) is 1. The zero-order chi connectivity index (χ0) is 14.7.